The number of phenols is 1. The van der Waals surface area contributed by atoms with E-state index in [0.717, 1.165) is 47.9 Å². The van der Waals surface area contributed by atoms with Crippen molar-refractivity contribution in [3.05, 3.63) is 101 Å². The summed E-state index contributed by atoms with van der Waals surface area (Å²) < 4.78 is 0. The Kier molecular flexibility index (Phi) is 11.1. The largest absolute Gasteiger partial charge is 0.508 e. The first-order chi connectivity index (χ1) is 21.3. The summed E-state index contributed by atoms with van der Waals surface area (Å²) in [5.74, 6) is -0.291. The third kappa shape index (κ3) is 8.93. The third-order valence-corrected chi connectivity index (χ3v) is 9.38. The fraction of sp³-hybridized carbons (Fsp3) is 0.459. The number of carbonyl (C=O) groups excluding carboxylic acids is 2. The van der Waals surface area contributed by atoms with Crippen molar-refractivity contribution in [1.82, 2.24) is 10.6 Å². The number of phenolic OH excluding ortho intramolecular Hbond substituents is 1. The lowest BCUT2D eigenvalue weighted by molar-refractivity contribution is -0.124. The molecule has 0 heterocycles. The van der Waals surface area contributed by atoms with Gasteiger partial charge in [-0.3, -0.25) is 9.59 Å². The van der Waals surface area contributed by atoms with Gasteiger partial charge in [0.15, 0.2) is 0 Å². The topological polar surface area (TPSA) is 119 Å². The molecule has 0 aliphatic heterocycles. The van der Waals surface area contributed by atoms with E-state index in [2.05, 4.69) is 10.6 Å². The quantitative estimate of drug-likeness (QED) is 0.176. The molecular formula is C37H46N2O5. The summed E-state index contributed by atoms with van der Waals surface area (Å²) in [5.41, 5.74) is 4.06. The molecule has 7 heteroatoms. The van der Waals surface area contributed by atoms with Crippen molar-refractivity contribution in [2.75, 3.05) is 0 Å². The Morgan fingerprint density at radius 2 is 1.50 bits per heavy atom. The third-order valence-electron chi connectivity index (χ3n) is 9.38. The van der Waals surface area contributed by atoms with Crippen molar-refractivity contribution in [3.8, 4) is 5.75 Å². The lowest BCUT2D eigenvalue weighted by Crippen LogP contribution is -2.36. The first-order valence-corrected chi connectivity index (χ1v) is 16.2. The molecule has 0 spiro atoms. The van der Waals surface area contributed by atoms with E-state index in [-0.39, 0.29) is 41.9 Å². The van der Waals surface area contributed by atoms with Crippen LogP contribution in [0.4, 0.5) is 0 Å². The van der Waals surface area contributed by atoms with Crippen LogP contribution in [0.25, 0.3) is 0 Å². The number of aromatic hydroxyl groups is 1. The van der Waals surface area contributed by atoms with E-state index in [1.54, 1.807) is 12.1 Å². The average molecular weight is 599 g/mol. The summed E-state index contributed by atoms with van der Waals surface area (Å²) in [6, 6.07) is 24.6. The number of nitrogens with one attached hydrogen (secondary N) is 2. The van der Waals surface area contributed by atoms with Gasteiger partial charge in [-0.2, -0.15) is 0 Å². The molecule has 7 nitrogen and oxygen atoms in total. The maximum atomic E-state index is 13.4. The van der Waals surface area contributed by atoms with Gasteiger partial charge in [0.1, 0.15) is 5.75 Å². The van der Waals surface area contributed by atoms with Crippen LogP contribution < -0.4 is 10.6 Å². The van der Waals surface area contributed by atoms with Crippen LogP contribution in [0.2, 0.25) is 0 Å². The molecule has 5 atom stereocenters. The second-order valence-corrected chi connectivity index (χ2v) is 12.8. The molecule has 44 heavy (non-hydrogen) atoms. The van der Waals surface area contributed by atoms with Crippen LogP contribution in [0.1, 0.15) is 79.7 Å². The first-order valence-electron chi connectivity index (χ1n) is 16.2. The molecule has 0 aromatic heterocycles. The van der Waals surface area contributed by atoms with Gasteiger partial charge in [0.2, 0.25) is 11.8 Å². The highest BCUT2D eigenvalue weighted by Crippen LogP contribution is 2.32. The number of hydrogen-bond acceptors (Lipinski definition) is 5. The Morgan fingerprint density at radius 1 is 0.818 bits per heavy atom. The molecule has 1 saturated carbocycles. The van der Waals surface area contributed by atoms with Gasteiger partial charge in [0.25, 0.3) is 0 Å². The molecule has 234 valence electrons. The van der Waals surface area contributed by atoms with Crippen molar-refractivity contribution in [1.29, 1.82) is 0 Å². The van der Waals surface area contributed by atoms with Crippen LogP contribution in [-0.4, -0.2) is 45.4 Å². The van der Waals surface area contributed by atoms with Crippen LogP contribution in [-0.2, 0) is 28.9 Å². The zero-order valence-corrected chi connectivity index (χ0v) is 25.4. The van der Waals surface area contributed by atoms with E-state index >= 15 is 0 Å². The normalized spacial score (nSPS) is 20.0. The molecule has 1 fully saturated rings. The molecular weight excluding hydrogens is 552 g/mol. The highest BCUT2D eigenvalue weighted by Gasteiger charge is 2.33. The molecule has 5 rings (SSSR count). The van der Waals surface area contributed by atoms with Gasteiger partial charge >= 0.3 is 0 Å². The van der Waals surface area contributed by atoms with Gasteiger partial charge in [-0.1, -0.05) is 79.6 Å². The maximum Gasteiger partial charge on any atom is 0.220 e. The number of rotatable bonds is 14. The molecule has 3 unspecified atom stereocenters. The fourth-order valence-electron chi connectivity index (χ4n) is 7.01. The Morgan fingerprint density at radius 3 is 2.25 bits per heavy atom. The zero-order chi connectivity index (χ0) is 30.9. The van der Waals surface area contributed by atoms with Gasteiger partial charge in [-0.05, 0) is 84.7 Å². The van der Waals surface area contributed by atoms with E-state index in [0.29, 0.717) is 38.5 Å². The predicted molar refractivity (Wildman–Crippen MR) is 171 cm³/mol. The number of amides is 2. The minimum Gasteiger partial charge on any atom is -0.508 e. The Balaban J connectivity index is 1.27. The SMILES string of the molecule is O=C(CCC(Cc1ccccc1)C(O)CC(CC(=O)N[C@H]1c2ccccc2C[C@@H]1O)Cc1ccc(O)cc1)NC1CCCC1. The van der Waals surface area contributed by atoms with Gasteiger partial charge in [-0.25, -0.2) is 0 Å². The second kappa shape index (κ2) is 15.4. The van der Waals surface area contributed by atoms with Crippen LogP contribution in [0, 0.1) is 11.8 Å². The van der Waals surface area contributed by atoms with Gasteiger partial charge in [-0.15, -0.1) is 0 Å². The first kappa shape index (κ1) is 31.7. The number of carbonyl (C=O) groups is 2. The molecule has 5 N–H and O–H groups in total. The van der Waals surface area contributed by atoms with Crippen molar-refractivity contribution in [2.24, 2.45) is 11.8 Å². The molecule has 0 saturated heterocycles. The molecule has 0 bridgehead atoms. The van der Waals surface area contributed by atoms with E-state index < -0.39 is 18.2 Å². The van der Waals surface area contributed by atoms with Crippen molar-refractivity contribution < 1.29 is 24.9 Å². The number of fused-ring (bicyclic) bond motifs is 1. The summed E-state index contributed by atoms with van der Waals surface area (Å²) in [6.45, 7) is 0. The Labute approximate surface area is 260 Å². The van der Waals surface area contributed by atoms with Gasteiger partial charge in [0.05, 0.1) is 18.2 Å². The van der Waals surface area contributed by atoms with Crippen LogP contribution in [0.3, 0.4) is 0 Å². The lowest BCUT2D eigenvalue weighted by Gasteiger charge is -2.28. The molecule has 2 aliphatic carbocycles. The minimum atomic E-state index is -0.720. The molecule has 2 amide bonds. The van der Waals surface area contributed by atoms with Gasteiger partial charge < -0.3 is 26.0 Å². The number of aliphatic hydroxyl groups excluding tert-OH is 2. The average Bonchev–Trinajstić information content (AvgIpc) is 3.64. The highest BCUT2D eigenvalue weighted by molar-refractivity contribution is 5.77. The highest BCUT2D eigenvalue weighted by atomic mass is 16.3. The number of aliphatic hydroxyl groups is 2. The van der Waals surface area contributed by atoms with E-state index in [1.165, 1.54) is 0 Å². The predicted octanol–water partition coefficient (Wildman–Crippen LogP) is 5.16. The Bertz CT molecular complexity index is 1360. The number of hydrogen-bond donors (Lipinski definition) is 5. The smallest absolute Gasteiger partial charge is 0.220 e. The van der Waals surface area contributed by atoms with Crippen molar-refractivity contribution in [2.45, 2.75) is 94.9 Å². The molecule has 3 aromatic rings. The minimum absolute atomic E-state index is 0.0394. The summed E-state index contributed by atoms with van der Waals surface area (Å²) in [4.78, 5) is 26.2. The van der Waals surface area contributed by atoms with Crippen LogP contribution in [0.5, 0.6) is 5.75 Å². The van der Waals surface area contributed by atoms with Crippen LogP contribution >= 0.6 is 0 Å². The van der Waals surface area contributed by atoms with E-state index in [9.17, 15) is 24.9 Å². The Hall–Kier alpha value is -3.68. The van der Waals surface area contributed by atoms with E-state index in [1.807, 2.05) is 66.7 Å². The van der Waals surface area contributed by atoms with Gasteiger partial charge in [0, 0.05) is 25.3 Å². The zero-order valence-electron chi connectivity index (χ0n) is 25.4. The standard InChI is InChI=1S/C37H46N2O5/c40-31-17-14-26(15-18-31)20-27(23-36(44)39-37-32-13-7-4-10-28(32)24-34(37)42)22-33(41)29(21-25-8-2-1-3-9-25)16-19-35(43)38-30-11-5-6-12-30/h1-4,7-10,13-15,17-18,27,29-30,33-34,37,40-42H,5-6,11-12,16,19-24H2,(H,38,43)(H,39,44)/t27?,29?,33?,34-,37-/m0/s1. The summed E-state index contributed by atoms with van der Waals surface area (Å²) in [6.07, 6.45) is 6.16. The summed E-state index contributed by atoms with van der Waals surface area (Å²) in [7, 11) is 0. The molecule has 3 aromatic carbocycles. The maximum absolute atomic E-state index is 13.4. The van der Waals surface area contributed by atoms with Crippen molar-refractivity contribution in [3.63, 3.8) is 0 Å². The lowest BCUT2D eigenvalue weighted by atomic mass is 9.82. The molecule has 2 aliphatic rings. The summed E-state index contributed by atoms with van der Waals surface area (Å²) in [5, 5.41) is 38.4. The molecule has 0 radical (unpaired) electrons. The monoisotopic (exact) mass is 598 g/mol. The van der Waals surface area contributed by atoms with E-state index in [4.69, 9.17) is 0 Å². The summed E-state index contributed by atoms with van der Waals surface area (Å²) >= 11 is 0. The fourth-order valence-corrected chi connectivity index (χ4v) is 7.01. The van der Waals surface area contributed by atoms with Crippen molar-refractivity contribution >= 4 is 11.8 Å². The second-order valence-electron chi connectivity index (χ2n) is 12.8. The van der Waals surface area contributed by atoms with Crippen LogP contribution in [0.15, 0.2) is 78.9 Å². The number of benzene rings is 3.